The van der Waals surface area contributed by atoms with Crippen LogP contribution < -0.4 is 23.8 Å². The number of rotatable bonds is 8. The summed E-state index contributed by atoms with van der Waals surface area (Å²) >= 11 is 0. The molecule has 1 amide bonds. The van der Waals surface area contributed by atoms with Gasteiger partial charge >= 0.3 is 0 Å². The Morgan fingerprint density at radius 2 is 1.65 bits per heavy atom. The number of anilines is 1. The molecule has 1 aliphatic carbocycles. The molecule has 31 heavy (non-hydrogen) atoms. The second-order valence-electron chi connectivity index (χ2n) is 7.74. The van der Waals surface area contributed by atoms with Crippen molar-refractivity contribution in [1.29, 1.82) is 0 Å². The summed E-state index contributed by atoms with van der Waals surface area (Å²) in [5, 5.41) is 0.761. The van der Waals surface area contributed by atoms with Gasteiger partial charge < -0.3 is 28.8 Å². The van der Waals surface area contributed by atoms with E-state index in [4.69, 9.17) is 18.9 Å². The van der Waals surface area contributed by atoms with Crippen molar-refractivity contribution in [3.63, 3.8) is 0 Å². The van der Waals surface area contributed by atoms with Crippen LogP contribution in [0.5, 0.6) is 23.0 Å². The normalized spacial score (nSPS) is 14.2. The van der Waals surface area contributed by atoms with Gasteiger partial charge in [-0.25, -0.2) is 0 Å². The maximum atomic E-state index is 13.7. The van der Waals surface area contributed by atoms with Crippen LogP contribution in [0.2, 0.25) is 0 Å². The molecule has 0 bridgehead atoms. The Morgan fingerprint density at radius 1 is 0.968 bits per heavy atom. The van der Waals surface area contributed by atoms with E-state index in [1.165, 1.54) is 0 Å². The maximum Gasteiger partial charge on any atom is 0.274 e. The fourth-order valence-corrected chi connectivity index (χ4v) is 4.05. The molecule has 4 rings (SSSR count). The zero-order valence-corrected chi connectivity index (χ0v) is 18.5. The van der Waals surface area contributed by atoms with Gasteiger partial charge in [-0.15, -0.1) is 0 Å². The molecule has 0 saturated heterocycles. The van der Waals surface area contributed by atoms with Crippen LogP contribution in [0.15, 0.2) is 36.4 Å². The average molecular weight is 424 g/mol. The highest BCUT2D eigenvalue weighted by atomic mass is 16.5. The number of aromatic nitrogens is 1. The maximum absolute atomic E-state index is 13.7. The number of ether oxygens (including phenoxy) is 4. The number of methoxy groups -OCH3 is 4. The SMILES string of the molecule is COc1ccc(N(C(=O)c2cc3c(OC)cc(OC)c(OC)c3[nH]2)C(C)C2CC2)cc1. The molecule has 0 aliphatic heterocycles. The van der Waals surface area contributed by atoms with Gasteiger partial charge in [0.2, 0.25) is 0 Å². The van der Waals surface area contributed by atoms with Gasteiger partial charge in [0, 0.05) is 23.2 Å². The smallest absolute Gasteiger partial charge is 0.274 e. The second kappa shape index (κ2) is 8.41. The van der Waals surface area contributed by atoms with Crippen LogP contribution in [0.25, 0.3) is 10.9 Å². The van der Waals surface area contributed by atoms with E-state index >= 15 is 0 Å². The summed E-state index contributed by atoms with van der Waals surface area (Å²) in [6, 6.07) is 11.2. The lowest BCUT2D eigenvalue weighted by atomic mass is 10.1. The van der Waals surface area contributed by atoms with Gasteiger partial charge in [-0.2, -0.15) is 0 Å². The number of benzene rings is 2. The van der Waals surface area contributed by atoms with Crippen molar-refractivity contribution in [2.24, 2.45) is 5.92 Å². The fourth-order valence-electron chi connectivity index (χ4n) is 4.05. The van der Waals surface area contributed by atoms with Gasteiger partial charge in [-0.05, 0) is 56.0 Å². The lowest BCUT2D eigenvalue weighted by Gasteiger charge is -2.29. The van der Waals surface area contributed by atoms with Crippen LogP contribution in [-0.2, 0) is 0 Å². The highest BCUT2D eigenvalue weighted by Crippen LogP contribution is 2.42. The predicted octanol–water partition coefficient (Wildman–Crippen LogP) is 4.65. The van der Waals surface area contributed by atoms with Crippen LogP contribution >= 0.6 is 0 Å². The van der Waals surface area contributed by atoms with Gasteiger partial charge in [0.1, 0.15) is 17.2 Å². The highest BCUT2D eigenvalue weighted by molar-refractivity contribution is 6.09. The van der Waals surface area contributed by atoms with E-state index < -0.39 is 0 Å². The lowest BCUT2D eigenvalue weighted by molar-refractivity contribution is 0.0971. The summed E-state index contributed by atoms with van der Waals surface area (Å²) < 4.78 is 21.8. The zero-order valence-electron chi connectivity index (χ0n) is 18.5. The number of fused-ring (bicyclic) bond motifs is 1. The third kappa shape index (κ3) is 3.76. The minimum Gasteiger partial charge on any atom is -0.497 e. The van der Waals surface area contributed by atoms with Crippen molar-refractivity contribution in [1.82, 2.24) is 4.98 Å². The number of amides is 1. The number of nitrogens with zero attached hydrogens (tertiary/aromatic N) is 1. The molecule has 1 aromatic heterocycles. The summed E-state index contributed by atoms with van der Waals surface area (Å²) in [7, 11) is 6.37. The molecule has 164 valence electrons. The number of hydrogen-bond acceptors (Lipinski definition) is 5. The number of hydrogen-bond donors (Lipinski definition) is 1. The van der Waals surface area contributed by atoms with Crippen molar-refractivity contribution in [2.75, 3.05) is 33.3 Å². The zero-order chi connectivity index (χ0) is 22.1. The first-order valence-electron chi connectivity index (χ1n) is 10.3. The summed E-state index contributed by atoms with van der Waals surface area (Å²) in [5.41, 5.74) is 1.96. The molecule has 2 aromatic carbocycles. The molecule has 1 unspecified atom stereocenters. The van der Waals surface area contributed by atoms with Gasteiger partial charge in [0.15, 0.2) is 11.5 Å². The Bertz CT molecular complexity index is 1090. The minimum absolute atomic E-state index is 0.0747. The average Bonchev–Trinajstić information content (AvgIpc) is 3.56. The van der Waals surface area contributed by atoms with E-state index in [1.54, 1.807) is 34.5 Å². The monoisotopic (exact) mass is 424 g/mol. The Hall–Kier alpha value is -3.35. The lowest BCUT2D eigenvalue weighted by Crippen LogP contribution is -2.40. The first-order chi connectivity index (χ1) is 15.0. The van der Waals surface area contributed by atoms with Crippen molar-refractivity contribution >= 4 is 22.5 Å². The molecule has 3 aromatic rings. The molecule has 1 saturated carbocycles. The van der Waals surface area contributed by atoms with E-state index in [0.29, 0.717) is 34.4 Å². The van der Waals surface area contributed by atoms with E-state index in [0.717, 1.165) is 29.7 Å². The van der Waals surface area contributed by atoms with Gasteiger partial charge in [-0.1, -0.05) is 0 Å². The molecule has 1 atom stereocenters. The summed E-state index contributed by atoms with van der Waals surface area (Å²) in [6.07, 6.45) is 2.26. The number of nitrogens with one attached hydrogen (secondary N) is 1. The van der Waals surface area contributed by atoms with E-state index in [1.807, 2.05) is 35.2 Å². The molecule has 7 nitrogen and oxygen atoms in total. The van der Waals surface area contributed by atoms with Crippen molar-refractivity contribution in [3.05, 3.63) is 42.1 Å². The topological polar surface area (TPSA) is 73.0 Å². The fraction of sp³-hybridized carbons (Fsp3) is 0.375. The number of carbonyl (C=O) groups excluding carboxylic acids is 1. The Balaban J connectivity index is 1.80. The van der Waals surface area contributed by atoms with E-state index in [9.17, 15) is 4.79 Å². The van der Waals surface area contributed by atoms with E-state index in [-0.39, 0.29) is 11.9 Å². The van der Waals surface area contributed by atoms with Gasteiger partial charge in [0.25, 0.3) is 5.91 Å². The van der Waals surface area contributed by atoms with Crippen molar-refractivity contribution in [2.45, 2.75) is 25.8 Å². The van der Waals surface area contributed by atoms with Gasteiger partial charge in [-0.3, -0.25) is 4.79 Å². The third-order valence-electron chi connectivity index (χ3n) is 5.95. The first-order valence-corrected chi connectivity index (χ1v) is 10.3. The van der Waals surface area contributed by atoms with Crippen LogP contribution in [0.4, 0.5) is 5.69 Å². The molecule has 7 heteroatoms. The highest BCUT2D eigenvalue weighted by Gasteiger charge is 2.36. The third-order valence-corrected chi connectivity index (χ3v) is 5.95. The number of aromatic amines is 1. The van der Waals surface area contributed by atoms with Crippen LogP contribution in [0, 0.1) is 5.92 Å². The van der Waals surface area contributed by atoms with Gasteiger partial charge in [0.05, 0.1) is 34.0 Å². The Morgan fingerprint density at radius 3 is 2.19 bits per heavy atom. The van der Waals surface area contributed by atoms with Crippen LogP contribution in [-0.4, -0.2) is 45.4 Å². The number of carbonyl (C=O) groups is 1. The quantitative estimate of drug-likeness (QED) is 0.570. The molecule has 1 heterocycles. The molecular weight excluding hydrogens is 396 g/mol. The molecule has 0 radical (unpaired) electrons. The second-order valence-corrected chi connectivity index (χ2v) is 7.74. The minimum atomic E-state index is -0.108. The summed E-state index contributed by atoms with van der Waals surface area (Å²) in [6.45, 7) is 2.10. The molecule has 0 spiro atoms. The standard InChI is InChI=1S/C24H28N2O5/c1-14(15-6-7-15)26(16-8-10-17(28-2)11-9-16)24(27)19-12-18-20(29-3)13-21(30-4)23(31-5)22(18)25-19/h8-15,25H,6-7H2,1-5H3. The molecule has 1 aliphatic rings. The Labute approximate surface area is 181 Å². The van der Waals surface area contributed by atoms with Crippen LogP contribution in [0.1, 0.15) is 30.3 Å². The largest absolute Gasteiger partial charge is 0.497 e. The molecular formula is C24H28N2O5. The summed E-state index contributed by atoms with van der Waals surface area (Å²) in [5.74, 6) is 2.81. The Kier molecular flexibility index (Phi) is 5.67. The van der Waals surface area contributed by atoms with E-state index in [2.05, 4.69) is 11.9 Å². The predicted molar refractivity (Wildman–Crippen MR) is 120 cm³/mol. The van der Waals surface area contributed by atoms with Crippen LogP contribution in [0.3, 0.4) is 0 Å². The molecule has 1 N–H and O–H groups in total. The summed E-state index contributed by atoms with van der Waals surface area (Å²) in [4.78, 5) is 18.9. The van der Waals surface area contributed by atoms with Crippen molar-refractivity contribution in [3.8, 4) is 23.0 Å². The van der Waals surface area contributed by atoms with Crippen molar-refractivity contribution < 1.29 is 23.7 Å². The number of H-pyrrole nitrogens is 1. The first kappa shape index (κ1) is 20.9. The molecule has 1 fully saturated rings.